The fraction of sp³-hybridized carbons (Fsp3) is 0.105. The van der Waals surface area contributed by atoms with Crippen LogP contribution in [0.3, 0.4) is 0 Å². The SMILES string of the molecule is C#C[C@H](OC(=O)c1cn(Cc2ccccc2)nn1)c1ccccc1. The van der Waals surface area contributed by atoms with Crippen LogP contribution in [0.2, 0.25) is 0 Å². The van der Waals surface area contributed by atoms with Crippen LogP contribution in [-0.4, -0.2) is 21.0 Å². The van der Waals surface area contributed by atoms with Gasteiger partial charge in [0, 0.05) is 5.56 Å². The number of esters is 1. The molecular formula is C19H15N3O2. The van der Waals surface area contributed by atoms with Gasteiger partial charge in [-0.2, -0.15) is 0 Å². The molecule has 0 saturated heterocycles. The van der Waals surface area contributed by atoms with Crippen molar-refractivity contribution in [3.8, 4) is 12.3 Å². The highest BCUT2D eigenvalue weighted by molar-refractivity contribution is 5.87. The third-order valence-electron chi connectivity index (χ3n) is 3.41. The molecule has 2 aromatic carbocycles. The van der Waals surface area contributed by atoms with Crippen molar-refractivity contribution in [1.29, 1.82) is 0 Å². The van der Waals surface area contributed by atoms with E-state index < -0.39 is 12.1 Å². The number of nitrogens with zero attached hydrogens (tertiary/aromatic N) is 3. The third kappa shape index (κ3) is 3.68. The molecule has 0 unspecified atom stereocenters. The van der Waals surface area contributed by atoms with Crippen molar-refractivity contribution in [3.63, 3.8) is 0 Å². The van der Waals surface area contributed by atoms with Crippen LogP contribution in [0.1, 0.15) is 27.7 Å². The molecule has 0 aliphatic heterocycles. The first kappa shape index (κ1) is 15.5. The van der Waals surface area contributed by atoms with Crippen LogP contribution in [0.4, 0.5) is 0 Å². The van der Waals surface area contributed by atoms with E-state index in [0.29, 0.717) is 6.54 Å². The molecule has 0 N–H and O–H groups in total. The van der Waals surface area contributed by atoms with Crippen LogP contribution in [0.15, 0.2) is 66.9 Å². The number of rotatable bonds is 5. The van der Waals surface area contributed by atoms with E-state index >= 15 is 0 Å². The predicted molar refractivity (Wildman–Crippen MR) is 89.0 cm³/mol. The quantitative estimate of drug-likeness (QED) is 0.536. The summed E-state index contributed by atoms with van der Waals surface area (Å²) in [5, 5.41) is 7.82. The molecule has 118 valence electrons. The summed E-state index contributed by atoms with van der Waals surface area (Å²) in [5.74, 6) is 1.87. The van der Waals surface area contributed by atoms with Gasteiger partial charge in [0.05, 0.1) is 12.7 Å². The number of hydrogen-bond donors (Lipinski definition) is 0. The van der Waals surface area contributed by atoms with Gasteiger partial charge in [-0.1, -0.05) is 71.8 Å². The van der Waals surface area contributed by atoms with E-state index in [9.17, 15) is 4.79 Å². The largest absolute Gasteiger partial charge is 0.439 e. The maximum Gasteiger partial charge on any atom is 0.362 e. The summed E-state index contributed by atoms with van der Waals surface area (Å²) in [6, 6.07) is 18.9. The van der Waals surface area contributed by atoms with Crippen molar-refractivity contribution < 1.29 is 9.53 Å². The number of ether oxygens (including phenoxy) is 1. The lowest BCUT2D eigenvalue weighted by atomic mass is 10.1. The minimum Gasteiger partial charge on any atom is -0.439 e. The molecule has 0 spiro atoms. The van der Waals surface area contributed by atoms with Crippen LogP contribution >= 0.6 is 0 Å². The lowest BCUT2D eigenvalue weighted by Crippen LogP contribution is -2.11. The molecule has 1 aromatic heterocycles. The second-order valence-electron chi connectivity index (χ2n) is 5.15. The molecule has 0 bridgehead atoms. The van der Waals surface area contributed by atoms with Crippen LogP contribution in [0.5, 0.6) is 0 Å². The van der Waals surface area contributed by atoms with Gasteiger partial charge in [0.15, 0.2) is 11.8 Å². The van der Waals surface area contributed by atoms with Gasteiger partial charge in [-0.25, -0.2) is 9.48 Å². The Hall–Kier alpha value is -3.39. The van der Waals surface area contributed by atoms with Crippen LogP contribution in [0.25, 0.3) is 0 Å². The Labute approximate surface area is 139 Å². The third-order valence-corrected chi connectivity index (χ3v) is 3.41. The van der Waals surface area contributed by atoms with Crippen LogP contribution < -0.4 is 0 Å². The number of aromatic nitrogens is 3. The van der Waals surface area contributed by atoms with Gasteiger partial charge in [0.2, 0.25) is 0 Å². The summed E-state index contributed by atoms with van der Waals surface area (Å²) in [4.78, 5) is 12.2. The van der Waals surface area contributed by atoms with Crippen molar-refractivity contribution in [2.75, 3.05) is 0 Å². The molecule has 0 aliphatic carbocycles. The highest BCUT2D eigenvalue weighted by Gasteiger charge is 2.18. The highest BCUT2D eigenvalue weighted by atomic mass is 16.5. The minimum atomic E-state index is -0.752. The van der Waals surface area contributed by atoms with Crippen molar-refractivity contribution in [2.24, 2.45) is 0 Å². The Balaban J connectivity index is 1.68. The molecule has 0 saturated carbocycles. The molecule has 24 heavy (non-hydrogen) atoms. The smallest absolute Gasteiger partial charge is 0.362 e. The lowest BCUT2D eigenvalue weighted by molar-refractivity contribution is 0.0401. The van der Waals surface area contributed by atoms with Gasteiger partial charge in [0.1, 0.15) is 0 Å². The summed E-state index contributed by atoms with van der Waals surface area (Å²) in [6.07, 6.45) is 6.27. The predicted octanol–water partition coefficient (Wildman–Crippen LogP) is 2.86. The second kappa shape index (κ2) is 7.25. The zero-order valence-corrected chi connectivity index (χ0v) is 12.9. The molecule has 1 atom stereocenters. The molecule has 0 radical (unpaired) electrons. The molecule has 3 rings (SSSR count). The highest BCUT2D eigenvalue weighted by Crippen LogP contribution is 2.17. The molecule has 0 fully saturated rings. The number of benzene rings is 2. The monoisotopic (exact) mass is 317 g/mol. The number of carbonyl (C=O) groups excluding carboxylic acids is 1. The van der Waals surface area contributed by atoms with E-state index in [4.69, 9.17) is 11.2 Å². The maximum absolute atomic E-state index is 12.2. The van der Waals surface area contributed by atoms with Crippen molar-refractivity contribution >= 4 is 5.97 Å². The van der Waals surface area contributed by atoms with Crippen LogP contribution in [-0.2, 0) is 11.3 Å². The van der Waals surface area contributed by atoms with E-state index in [0.717, 1.165) is 11.1 Å². The van der Waals surface area contributed by atoms with Crippen molar-refractivity contribution in [1.82, 2.24) is 15.0 Å². The van der Waals surface area contributed by atoms with Crippen molar-refractivity contribution in [3.05, 3.63) is 83.7 Å². The van der Waals surface area contributed by atoms with Gasteiger partial charge >= 0.3 is 5.97 Å². The molecule has 3 aromatic rings. The Morgan fingerprint density at radius 3 is 2.46 bits per heavy atom. The molecule has 0 aliphatic rings. The molecule has 0 amide bonds. The first-order valence-electron chi connectivity index (χ1n) is 7.42. The Morgan fingerprint density at radius 1 is 1.12 bits per heavy atom. The van der Waals surface area contributed by atoms with Gasteiger partial charge in [-0.05, 0) is 5.56 Å². The number of hydrogen-bond acceptors (Lipinski definition) is 4. The maximum atomic E-state index is 12.2. The molecular weight excluding hydrogens is 302 g/mol. The number of carbonyl (C=O) groups is 1. The van der Waals surface area contributed by atoms with Gasteiger partial charge in [0.25, 0.3) is 0 Å². The van der Waals surface area contributed by atoms with E-state index in [2.05, 4.69) is 16.2 Å². The van der Waals surface area contributed by atoms with E-state index in [-0.39, 0.29) is 5.69 Å². The first-order valence-corrected chi connectivity index (χ1v) is 7.42. The molecule has 5 nitrogen and oxygen atoms in total. The van der Waals surface area contributed by atoms with E-state index in [1.807, 2.05) is 60.7 Å². The average Bonchev–Trinajstić information content (AvgIpc) is 3.10. The summed E-state index contributed by atoms with van der Waals surface area (Å²) >= 11 is 0. The standard InChI is InChI=1S/C19H15N3O2/c1-2-18(16-11-7-4-8-12-16)24-19(23)17-14-22(21-20-17)13-15-9-5-3-6-10-15/h1,3-12,14,18H,13H2/t18-/m0/s1. The van der Waals surface area contributed by atoms with Crippen LogP contribution in [0, 0.1) is 12.3 Å². The number of terminal acetylenes is 1. The average molecular weight is 317 g/mol. The Bertz CT molecular complexity index is 851. The minimum absolute atomic E-state index is 0.127. The summed E-state index contributed by atoms with van der Waals surface area (Å²) < 4.78 is 6.93. The van der Waals surface area contributed by atoms with E-state index in [1.54, 1.807) is 10.9 Å². The zero-order chi connectivity index (χ0) is 16.8. The lowest BCUT2D eigenvalue weighted by Gasteiger charge is -2.11. The Kier molecular flexibility index (Phi) is 4.68. The normalized spacial score (nSPS) is 11.5. The van der Waals surface area contributed by atoms with Gasteiger partial charge < -0.3 is 4.74 Å². The molecule has 5 heteroatoms. The summed E-state index contributed by atoms with van der Waals surface area (Å²) in [6.45, 7) is 0.526. The van der Waals surface area contributed by atoms with Crippen molar-refractivity contribution in [2.45, 2.75) is 12.6 Å². The van der Waals surface area contributed by atoms with E-state index in [1.165, 1.54) is 0 Å². The van der Waals surface area contributed by atoms with Gasteiger partial charge in [-0.15, -0.1) is 11.5 Å². The fourth-order valence-corrected chi connectivity index (χ4v) is 2.23. The summed E-state index contributed by atoms with van der Waals surface area (Å²) in [5.41, 5.74) is 1.93. The second-order valence-corrected chi connectivity index (χ2v) is 5.15. The molecule has 1 heterocycles. The van der Waals surface area contributed by atoms with Gasteiger partial charge in [-0.3, -0.25) is 0 Å². The topological polar surface area (TPSA) is 57.0 Å². The first-order chi connectivity index (χ1) is 11.8. The zero-order valence-electron chi connectivity index (χ0n) is 12.9. The fourth-order valence-electron chi connectivity index (χ4n) is 2.23. The Morgan fingerprint density at radius 2 is 1.79 bits per heavy atom. The summed E-state index contributed by atoms with van der Waals surface area (Å²) in [7, 11) is 0.